The molecule has 0 unspecified atom stereocenters. The molecule has 0 atom stereocenters. The van der Waals surface area contributed by atoms with Gasteiger partial charge >= 0.3 is 12.3 Å². The summed E-state index contributed by atoms with van der Waals surface area (Å²) in [7, 11) is -1.40. The highest BCUT2D eigenvalue weighted by Crippen LogP contribution is 2.40. The topological polar surface area (TPSA) is 149 Å². The van der Waals surface area contributed by atoms with Crippen LogP contribution in [-0.4, -0.2) is 72.9 Å². The molecule has 49 heavy (non-hydrogen) atoms. The lowest BCUT2D eigenvalue weighted by Crippen LogP contribution is -2.29. The van der Waals surface area contributed by atoms with Crippen LogP contribution in [0.1, 0.15) is 58.2 Å². The van der Waals surface area contributed by atoms with Crippen LogP contribution in [0.4, 0.5) is 23.8 Å². The molecule has 13 nitrogen and oxygen atoms in total. The minimum atomic E-state index is -4.68. The molecule has 264 valence electrons. The number of pyridine rings is 1. The third-order valence-corrected chi connectivity index (χ3v) is 10.4. The summed E-state index contributed by atoms with van der Waals surface area (Å²) in [6, 6.07) is 4.58. The van der Waals surface area contributed by atoms with Crippen molar-refractivity contribution in [1.82, 2.24) is 34.3 Å². The van der Waals surface area contributed by atoms with Gasteiger partial charge in [0.1, 0.15) is 23.8 Å². The maximum atomic E-state index is 14.2. The highest BCUT2D eigenvalue weighted by atomic mass is 28.3. The van der Waals surface area contributed by atoms with E-state index < -0.39 is 37.7 Å². The molecule has 1 amide bonds. The maximum Gasteiger partial charge on any atom is 0.436 e. The first-order valence-corrected chi connectivity index (χ1v) is 20.0. The number of rotatable bonds is 12. The minimum absolute atomic E-state index is 0.151. The van der Waals surface area contributed by atoms with Crippen molar-refractivity contribution in [2.75, 3.05) is 18.1 Å². The molecule has 1 saturated carbocycles. The Bertz CT molecular complexity index is 1830. The van der Waals surface area contributed by atoms with Crippen molar-refractivity contribution in [1.29, 1.82) is 5.26 Å². The Morgan fingerprint density at radius 1 is 1.14 bits per heavy atom. The quantitative estimate of drug-likeness (QED) is 0.120. The van der Waals surface area contributed by atoms with Gasteiger partial charge in [-0.2, -0.15) is 33.7 Å². The highest BCUT2D eigenvalue weighted by molar-refractivity contribution is 6.76. The van der Waals surface area contributed by atoms with E-state index >= 15 is 0 Å². The van der Waals surface area contributed by atoms with Crippen LogP contribution >= 0.6 is 0 Å². The fourth-order valence-corrected chi connectivity index (χ4v) is 6.57. The first-order chi connectivity index (χ1) is 23.0. The van der Waals surface area contributed by atoms with Gasteiger partial charge in [0.25, 0.3) is 0 Å². The second-order valence-corrected chi connectivity index (χ2v) is 19.6. The summed E-state index contributed by atoms with van der Waals surface area (Å²) in [5.41, 5.74) is 0.0214. The van der Waals surface area contributed by atoms with Gasteiger partial charge in [-0.3, -0.25) is 14.3 Å². The Labute approximate surface area is 283 Å². The van der Waals surface area contributed by atoms with E-state index in [0.29, 0.717) is 54.5 Å². The smallest absolute Gasteiger partial charge is 0.436 e. The van der Waals surface area contributed by atoms with Crippen LogP contribution in [-0.2, 0) is 23.2 Å². The zero-order valence-corrected chi connectivity index (χ0v) is 29.5. The van der Waals surface area contributed by atoms with Gasteiger partial charge in [-0.25, -0.2) is 14.5 Å². The SMILES string of the molecule is CCN(C(=O)O)c1cc2c(cn1)c(-c1cnn(C(C)(C)C#N)c1)nn2[C@H]1CC[C@@H](Oc2cnn(COCC[Si](C)(C)C)c2C(F)(F)F)CC1. The number of anilines is 1. The number of hydrogen-bond donors (Lipinski definition) is 1. The van der Waals surface area contributed by atoms with Gasteiger partial charge in [0.2, 0.25) is 0 Å². The molecule has 0 saturated heterocycles. The molecule has 17 heteroatoms. The second-order valence-electron chi connectivity index (χ2n) is 14.0. The average molecular weight is 702 g/mol. The van der Waals surface area contributed by atoms with Crippen LogP contribution in [0.3, 0.4) is 0 Å². The van der Waals surface area contributed by atoms with Gasteiger partial charge in [-0.05, 0) is 52.5 Å². The van der Waals surface area contributed by atoms with Crippen molar-refractivity contribution in [2.24, 2.45) is 0 Å². The number of carbonyl (C=O) groups is 1. The molecule has 4 heterocycles. The molecule has 4 aromatic heterocycles. The first kappa shape index (κ1) is 35.9. The number of hydrogen-bond acceptors (Lipinski definition) is 8. The summed E-state index contributed by atoms with van der Waals surface area (Å²) < 4.78 is 58.1. The highest BCUT2D eigenvalue weighted by Gasteiger charge is 2.40. The second kappa shape index (κ2) is 13.8. The van der Waals surface area contributed by atoms with E-state index in [1.807, 2.05) is 4.68 Å². The van der Waals surface area contributed by atoms with Crippen LogP contribution in [0.25, 0.3) is 22.2 Å². The lowest BCUT2D eigenvalue weighted by atomic mass is 9.93. The van der Waals surface area contributed by atoms with Crippen molar-refractivity contribution < 1.29 is 32.5 Å². The number of aromatic nitrogens is 7. The fraction of sp³-hybridized carbons (Fsp3) is 0.562. The molecule has 0 bridgehead atoms. The van der Waals surface area contributed by atoms with Gasteiger partial charge in [0, 0.05) is 50.6 Å². The van der Waals surface area contributed by atoms with Crippen molar-refractivity contribution in [3.05, 3.63) is 36.5 Å². The van der Waals surface area contributed by atoms with Crippen LogP contribution in [0.2, 0.25) is 25.7 Å². The number of nitrogens with zero attached hydrogens (tertiary/aromatic N) is 9. The lowest BCUT2D eigenvalue weighted by molar-refractivity contribution is -0.148. The van der Waals surface area contributed by atoms with E-state index in [2.05, 4.69) is 40.9 Å². The largest absolute Gasteiger partial charge is 0.486 e. The van der Waals surface area contributed by atoms with Crippen molar-refractivity contribution >= 4 is 30.9 Å². The predicted molar refractivity (Wildman–Crippen MR) is 178 cm³/mol. The molecule has 1 aliphatic carbocycles. The predicted octanol–water partition coefficient (Wildman–Crippen LogP) is 7.15. The van der Waals surface area contributed by atoms with Gasteiger partial charge in [0.05, 0.1) is 36.1 Å². The average Bonchev–Trinajstić information content (AvgIpc) is 3.77. The number of halogens is 3. The van der Waals surface area contributed by atoms with Gasteiger partial charge in [-0.1, -0.05) is 19.6 Å². The van der Waals surface area contributed by atoms with Crippen molar-refractivity contribution in [3.63, 3.8) is 0 Å². The first-order valence-electron chi connectivity index (χ1n) is 16.2. The zero-order chi connectivity index (χ0) is 35.7. The third kappa shape index (κ3) is 7.91. The lowest BCUT2D eigenvalue weighted by Gasteiger charge is -2.29. The van der Waals surface area contributed by atoms with Crippen LogP contribution in [0, 0.1) is 11.3 Å². The summed E-state index contributed by atoms with van der Waals surface area (Å²) in [4.78, 5) is 17.5. The van der Waals surface area contributed by atoms with Crippen molar-refractivity contribution in [2.45, 2.75) is 103 Å². The molecule has 5 rings (SSSR count). The Hall–Kier alpha value is -4.43. The fourth-order valence-electron chi connectivity index (χ4n) is 5.81. The van der Waals surface area contributed by atoms with Crippen LogP contribution in [0.5, 0.6) is 5.75 Å². The Kier molecular flexibility index (Phi) is 10.1. The van der Waals surface area contributed by atoms with Gasteiger partial charge in [-0.15, -0.1) is 0 Å². The standard InChI is InChI=1S/C32H42F3N9O4Si/c1-7-41(30(45)46)27-14-25-24(16-37-27)28(21-15-39-43(18-21)31(2,3)19-36)40-44(25)22-8-10-23(11-9-22)48-26-17-38-42(29(26)32(33,34)35)20-47-12-13-49(4,5)6/h14-18,22-23H,7-13,20H2,1-6H3,(H,45,46)/t22-,23+. The molecule has 0 aromatic carbocycles. The molecule has 0 radical (unpaired) electrons. The normalized spacial score (nSPS) is 17.3. The minimum Gasteiger partial charge on any atom is -0.486 e. The number of nitriles is 1. The van der Waals surface area contributed by atoms with Gasteiger partial charge in [0.15, 0.2) is 11.4 Å². The van der Waals surface area contributed by atoms with E-state index in [-0.39, 0.29) is 30.9 Å². The molecule has 0 spiro atoms. The van der Waals surface area contributed by atoms with Crippen LogP contribution in [0.15, 0.2) is 30.9 Å². The molecule has 4 aromatic rings. The number of carboxylic acid groups (broad SMARTS) is 1. The molecule has 0 aliphatic heterocycles. The van der Waals surface area contributed by atoms with Gasteiger partial charge < -0.3 is 14.6 Å². The third-order valence-electron chi connectivity index (χ3n) is 8.67. The summed E-state index contributed by atoms with van der Waals surface area (Å²) in [6.07, 6.45) is 1.76. The van der Waals surface area contributed by atoms with Crippen molar-refractivity contribution in [3.8, 4) is 23.1 Å². The summed E-state index contributed by atoms with van der Waals surface area (Å²) in [6.45, 7) is 11.9. The monoisotopic (exact) mass is 701 g/mol. The van der Waals surface area contributed by atoms with E-state index in [0.717, 1.165) is 21.8 Å². The Balaban J connectivity index is 1.38. The van der Waals surface area contributed by atoms with Crippen LogP contribution < -0.4 is 9.64 Å². The number of fused-ring (bicyclic) bond motifs is 1. The van der Waals surface area contributed by atoms with E-state index in [9.17, 15) is 28.3 Å². The number of amides is 1. The Morgan fingerprint density at radius 3 is 2.47 bits per heavy atom. The molecular weight excluding hydrogens is 659 g/mol. The Morgan fingerprint density at radius 2 is 1.86 bits per heavy atom. The van der Waals surface area contributed by atoms with E-state index in [1.54, 1.807) is 50.1 Å². The molecule has 1 fully saturated rings. The summed E-state index contributed by atoms with van der Waals surface area (Å²) in [5, 5.41) is 33.3. The summed E-state index contributed by atoms with van der Waals surface area (Å²) >= 11 is 0. The molecule has 1 N–H and O–H groups in total. The van der Waals surface area contributed by atoms with E-state index in [1.165, 1.54) is 0 Å². The molecular formula is C32H42F3N9O4Si. The summed E-state index contributed by atoms with van der Waals surface area (Å²) in [5.74, 6) is -0.0763. The number of alkyl halides is 3. The molecule has 1 aliphatic rings. The zero-order valence-electron chi connectivity index (χ0n) is 28.5. The maximum absolute atomic E-state index is 14.2. The number of ether oxygens (including phenoxy) is 2. The van der Waals surface area contributed by atoms with E-state index in [4.69, 9.17) is 14.6 Å².